The number of hydrogen-bond acceptors (Lipinski definition) is 4. The second-order valence-electron chi connectivity index (χ2n) is 5.34. The zero-order valence-electron chi connectivity index (χ0n) is 12.0. The van der Waals surface area contributed by atoms with Crippen LogP contribution in [0, 0.1) is 0 Å². The largest absolute Gasteiger partial charge is 0.371 e. The van der Waals surface area contributed by atoms with E-state index in [2.05, 4.69) is 5.32 Å². The van der Waals surface area contributed by atoms with Gasteiger partial charge < -0.3 is 19.9 Å². The quantitative estimate of drug-likeness (QED) is 0.788. The van der Waals surface area contributed by atoms with Crippen molar-refractivity contribution >= 4 is 17.5 Å². The molecule has 2 fully saturated rings. The van der Waals surface area contributed by atoms with Gasteiger partial charge in [-0.1, -0.05) is 12.1 Å². The summed E-state index contributed by atoms with van der Waals surface area (Å²) in [5.74, 6) is -0.919. The topological polar surface area (TPSA) is 61.9 Å². The zero-order valence-corrected chi connectivity index (χ0v) is 12.0. The molecule has 1 N–H and O–H groups in total. The van der Waals surface area contributed by atoms with E-state index in [0.717, 1.165) is 24.3 Å². The van der Waals surface area contributed by atoms with Crippen LogP contribution in [0.25, 0.3) is 0 Å². The van der Waals surface area contributed by atoms with Crippen molar-refractivity contribution in [3.63, 3.8) is 0 Å². The fraction of sp³-hybridized carbons (Fsp3) is 0.467. The van der Waals surface area contributed by atoms with E-state index in [0.29, 0.717) is 19.7 Å². The van der Waals surface area contributed by atoms with Crippen molar-refractivity contribution < 1.29 is 14.3 Å². The molecule has 1 aromatic rings. The number of rotatable bonds is 2. The van der Waals surface area contributed by atoms with Crippen LogP contribution in [0.5, 0.6) is 0 Å². The number of carbonyl (C=O) groups is 2. The standard InChI is InChI=1S/C15H19N3O3/c1-17-7-8-18(15(20)14(17)19)12-4-2-11(3-5-12)13-10-16-6-9-21-13/h2-5,13,16H,6-10H2,1H3. The average molecular weight is 289 g/mol. The molecule has 3 rings (SSSR count). The number of ether oxygens (including phenoxy) is 1. The summed E-state index contributed by atoms with van der Waals surface area (Å²) in [7, 11) is 1.65. The molecule has 0 saturated carbocycles. The van der Waals surface area contributed by atoms with Gasteiger partial charge >= 0.3 is 11.8 Å². The summed E-state index contributed by atoms with van der Waals surface area (Å²) in [5, 5.41) is 3.29. The van der Waals surface area contributed by atoms with Crippen LogP contribution in [0.3, 0.4) is 0 Å². The van der Waals surface area contributed by atoms with Gasteiger partial charge in [0, 0.05) is 38.9 Å². The predicted octanol–water partition coefficient (Wildman–Crippen LogP) is 0.152. The number of likely N-dealkylation sites (N-methyl/N-ethyl adjacent to an activating group) is 1. The number of nitrogens with one attached hydrogen (secondary N) is 1. The molecule has 2 heterocycles. The molecular formula is C15H19N3O3. The predicted molar refractivity (Wildman–Crippen MR) is 78.0 cm³/mol. The average Bonchev–Trinajstić information content (AvgIpc) is 2.54. The molecule has 112 valence electrons. The lowest BCUT2D eigenvalue weighted by Crippen LogP contribution is -2.53. The Bertz CT molecular complexity index is 538. The maximum atomic E-state index is 12.0. The fourth-order valence-electron chi connectivity index (χ4n) is 2.63. The number of nitrogens with zero attached hydrogens (tertiary/aromatic N) is 2. The molecule has 2 saturated heterocycles. The van der Waals surface area contributed by atoms with Crippen molar-refractivity contribution in [3.8, 4) is 0 Å². The second kappa shape index (κ2) is 5.83. The molecule has 0 bridgehead atoms. The van der Waals surface area contributed by atoms with E-state index in [1.807, 2.05) is 24.3 Å². The van der Waals surface area contributed by atoms with Crippen molar-refractivity contribution in [2.24, 2.45) is 0 Å². The van der Waals surface area contributed by atoms with Crippen molar-refractivity contribution in [1.82, 2.24) is 10.2 Å². The van der Waals surface area contributed by atoms with Crippen molar-refractivity contribution in [3.05, 3.63) is 29.8 Å². The summed E-state index contributed by atoms with van der Waals surface area (Å²) in [6.45, 7) is 3.47. The van der Waals surface area contributed by atoms with Gasteiger partial charge in [-0.3, -0.25) is 9.59 Å². The molecule has 0 aliphatic carbocycles. The van der Waals surface area contributed by atoms with E-state index in [1.165, 1.54) is 9.80 Å². The van der Waals surface area contributed by atoms with E-state index in [-0.39, 0.29) is 6.10 Å². The highest BCUT2D eigenvalue weighted by molar-refractivity contribution is 6.40. The first-order valence-electron chi connectivity index (χ1n) is 7.16. The summed E-state index contributed by atoms with van der Waals surface area (Å²) >= 11 is 0. The number of morpholine rings is 1. The molecule has 0 radical (unpaired) electrons. The van der Waals surface area contributed by atoms with Crippen LogP contribution < -0.4 is 10.2 Å². The molecule has 2 aliphatic heterocycles. The zero-order chi connectivity index (χ0) is 14.8. The molecule has 6 nitrogen and oxygen atoms in total. The Morgan fingerprint density at radius 2 is 1.90 bits per heavy atom. The highest BCUT2D eigenvalue weighted by Gasteiger charge is 2.31. The minimum Gasteiger partial charge on any atom is -0.371 e. The maximum absolute atomic E-state index is 12.0. The third-order valence-corrected chi connectivity index (χ3v) is 3.94. The number of carbonyl (C=O) groups excluding carboxylic acids is 2. The van der Waals surface area contributed by atoms with E-state index in [4.69, 9.17) is 4.74 Å². The first kappa shape index (κ1) is 14.0. The summed E-state index contributed by atoms with van der Waals surface area (Å²) < 4.78 is 5.70. The molecule has 2 aliphatic rings. The summed E-state index contributed by atoms with van der Waals surface area (Å²) in [6.07, 6.45) is 0.0534. The Morgan fingerprint density at radius 3 is 2.57 bits per heavy atom. The van der Waals surface area contributed by atoms with Gasteiger partial charge in [0.1, 0.15) is 0 Å². The van der Waals surface area contributed by atoms with E-state index in [9.17, 15) is 9.59 Å². The van der Waals surface area contributed by atoms with Gasteiger partial charge in [-0.2, -0.15) is 0 Å². The molecule has 0 aromatic heterocycles. The van der Waals surface area contributed by atoms with Gasteiger partial charge in [0.05, 0.1) is 12.7 Å². The molecule has 1 atom stereocenters. The van der Waals surface area contributed by atoms with Gasteiger partial charge in [-0.05, 0) is 17.7 Å². The smallest absolute Gasteiger partial charge is 0.316 e. The summed E-state index contributed by atoms with van der Waals surface area (Å²) in [5.41, 5.74) is 1.84. The Kier molecular flexibility index (Phi) is 3.90. The summed E-state index contributed by atoms with van der Waals surface area (Å²) in [6, 6.07) is 7.68. The highest BCUT2D eigenvalue weighted by Crippen LogP contribution is 2.23. The highest BCUT2D eigenvalue weighted by atomic mass is 16.5. The Labute approximate surface area is 123 Å². The first-order valence-corrected chi connectivity index (χ1v) is 7.16. The Hall–Kier alpha value is -1.92. The number of anilines is 1. The normalized spacial score (nSPS) is 23.6. The number of hydrogen-bond donors (Lipinski definition) is 1. The number of amides is 2. The molecule has 1 unspecified atom stereocenters. The van der Waals surface area contributed by atoms with Crippen LogP contribution in [0.1, 0.15) is 11.7 Å². The van der Waals surface area contributed by atoms with Gasteiger partial charge in [-0.15, -0.1) is 0 Å². The second-order valence-corrected chi connectivity index (χ2v) is 5.34. The van der Waals surface area contributed by atoms with Crippen LogP contribution in [0.15, 0.2) is 24.3 Å². The third-order valence-electron chi connectivity index (χ3n) is 3.94. The minimum atomic E-state index is -0.466. The Balaban J connectivity index is 1.74. The number of piperazine rings is 1. The van der Waals surface area contributed by atoms with E-state index >= 15 is 0 Å². The van der Waals surface area contributed by atoms with Gasteiger partial charge in [0.15, 0.2) is 0 Å². The van der Waals surface area contributed by atoms with Crippen LogP contribution in [-0.2, 0) is 14.3 Å². The van der Waals surface area contributed by atoms with Crippen LogP contribution >= 0.6 is 0 Å². The fourth-order valence-corrected chi connectivity index (χ4v) is 2.63. The van der Waals surface area contributed by atoms with E-state index in [1.54, 1.807) is 7.05 Å². The first-order chi connectivity index (χ1) is 10.2. The monoisotopic (exact) mass is 289 g/mol. The molecule has 0 spiro atoms. The molecule has 2 amide bonds. The molecule has 1 aromatic carbocycles. The van der Waals surface area contributed by atoms with Crippen molar-refractivity contribution in [1.29, 1.82) is 0 Å². The van der Waals surface area contributed by atoms with E-state index < -0.39 is 11.8 Å². The van der Waals surface area contributed by atoms with Crippen LogP contribution in [0.4, 0.5) is 5.69 Å². The lowest BCUT2D eigenvalue weighted by Gasteiger charge is -2.31. The van der Waals surface area contributed by atoms with Crippen molar-refractivity contribution in [2.75, 3.05) is 44.7 Å². The SMILES string of the molecule is CN1CCN(c2ccc(C3CNCCO3)cc2)C(=O)C1=O. The minimum absolute atomic E-state index is 0.0534. The third kappa shape index (κ3) is 2.77. The van der Waals surface area contributed by atoms with Gasteiger partial charge in [-0.25, -0.2) is 0 Å². The van der Waals surface area contributed by atoms with Crippen molar-refractivity contribution in [2.45, 2.75) is 6.10 Å². The van der Waals surface area contributed by atoms with Crippen LogP contribution in [0.2, 0.25) is 0 Å². The number of benzene rings is 1. The maximum Gasteiger partial charge on any atom is 0.316 e. The van der Waals surface area contributed by atoms with Gasteiger partial charge in [0.2, 0.25) is 0 Å². The molecular weight excluding hydrogens is 270 g/mol. The Morgan fingerprint density at radius 1 is 1.14 bits per heavy atom. The van der Waals surface area contributed by atoms with Crippen LogP contribution in [-0.4, -0.2) is 56.5 Å². The summed E-state index contributed by atoms with van der Waals surface area (Å²) in [4.78, 5) is 26.7. The lowest BCUT2D eigenvalue weighted by atomic mass is 10.1. The lowest BCUT2D eigenvalue weighted by molar-refractivity contribution is -0.145. The molecule has 6 heteroatoms. The van der Waals surface area contributed by atoms with Gasteiger partial charge in [0.25, 0.3) is 0 Å². The molecule has 21 heavy (non-hydrogen) atoms.